The largest absolute Gasteiger partial charge is 0.307 e. The summed E-state index contributed by atoms with van der Waals surface area (Å²) in [6.45, 7) is 2.41. The Kier molecular flexibility index (Phi) is 3.93. The van der Waals surface area contributed by atoms with Gasteiger partial charge in [0, 0.05) is 17.6 Å². The number of fused-ring (bicyclic) bond motifs is 1. The van der Waals surface area contributed by atoms with E-state index in [2.05, 4.69) is 10.2 Å². The number of carbonyl (C=O) groups excluding carboxylic acids is 1. The molecule has 0 saturated carbocycles. The van der Waals surface area contributed by atoms with Crippen LogP contribution < -0.4 is 10.5 Å². The van der Waals surface area contributed by atoms with Crippen molar-refractivity contribution >= 4 is 34.8 Å². The number of benzene rings is 1. The van der Waals surface area contributed by atoms with E-state index < -0.39 is 0 Å². The van der Waals surface area contributed by atoms with Crippen LogP contribution >= 0.6 is 23.2 Å². The lowest BCUT2D eigenvalue weighted by molar-refractivity contribution is 0.0979. The molecule has 1 N–H and O–H groups in total. The van der Waals surface area contributed by atoms with Gasteiger partial charge in [-0.1, -0.05) is 23.2 Å². The van der Waals surface area contributed by atoms with Crippen LogP contribution in [0.15, 0.2) is 23.0 Å². The Morgan fingerprint density at radius 1 is 1.36 bits per heavy atom. The molecule has 0 radical (unpaired) electrons. The molecule has 0 atom stereocenters. The molecule has 3 rings (SSSR count). The summed E-state index contributed by atoms with van der Waals surface area (Å²) >= 11 is 12.6. The van der Waals surface area contributed by atoms with Gasteiger partial charge in [-0.15, -0.1) is 0 Å². The molecule has 1 aliphatic heterocycles. The summed E-state index contributed by atoms with van der Waals surface area (Å²) in [5.41, 5.74) is 2.29. The molecule has 1 aliphatic rings. The van der Waals surface area contributed by atoms with E-state index in [1.54, 1.807) is 11.0 Å². The Bertz CT molecular complexity index is 797. The second-order valence-electron chi connectivity index (χ2n) is 5.16. The summed E-state index contributed by atoms with van der Waals surface area (Å²) in [4.78, 5) is 25.3. The van der Waals surface area contributed by atoms with Crippen molar-refractivity contribution in [3.05, 3.63) is 55.4 Å². The summed E-state index contributed by atoms with van der Waals surface area (Å²) in [6, 6.07) is 4.45. The van der Waals surface area contributed by atoms with E-state index in [1.807, 2.05) is 6.92 Å². The SMILES string of the molecule is Cc1c(Cl)cc2c(c1Cl)CCCN2C(=O)c1ccc(=O)[nH]n1. The molecule has 5 nitrogen and oxygen atoms in total. The van der Waals surface area contributed by atoms with E-state index >= 15 is 0 Å². The van der Waals surface area contributed by atoms with Gasteiger partial charge in [-0.05, 0) is 43.0 Å². The Labute approximate surface area is 136 Å². The normalized spacial score (nSPS) is 13.9. The second-order valence-corrected chi connectivity index (χ2v) is 5.95. The third-order valence-corrected chi connectivity index (χ3v) is 4.67. The van der Waals surface area contributed by atoms with Crippen LogP contribution in [0.5, 0.6) is 0 Å². The van der Waals surface area contributed by atoms with Gasteiger partial charge in [0.2, 0.25) is 0 Å². The molecular formula is C15H13Cl2N3O2. The first-order valence-corrected chi connectivity index (χ1v) is 7.59. The smallest absolute Gasteiger partial charge is 0.278 e. The predicted octanol–water partition coefficient (Wildman–Crippen LogP) is 2.98. The molecular weight excluding hydrogens is 325 g/mol. The maximum Gasteiger partial charge on any atom is 0.278 e. The third-order valence-electron chi connectivity index (χ3n) is 3.77. The van der Waals surface area contributed by atoms with E-state index in [4.69, 9.17) is 23.2 Å². The predicted molar refractivity (Wildman–Crippen MR) is 86.1 cm³/mol. The molecule has 2 heterocycles. The number of anilines is 1. The van der Waals surface area contributed by atoms with Crippen molar-refractivity contribution in [3.8, 4) is 0 Å². The number of aromatic amines is 1. The van der Waals surface area contributed by atoms with Gasteiger partial charge in [0.1, 0.15) is 5.69 Å². The Balaban J connectivity index is 2.06. The standard InChI is InChI=1S/C15H13Cl2N3O2/c1-8-10(16)7-12-9(14(8)17)3-2-6-20(12)15(22)11-4-5-13(21)19-18-11/h4-5,7H,2-3,6H2,1H3,(H,19,21). The van der Waals surface area contributed by atoms with Gasteiger partial charge >= 0.3 is 0 Å². The highest BCUT2D eigenvalue weighted by atomic mass is 35.5. The Morgan fingerprint density at radius 3 is 2.82 bits per heavy atom. The Morgan fingerprint density at radius 2 is 2.14 bits per heavy atom. The van der Waals surface area contributed by atoms with Crippen molar-refractivity contribution in [1.29, 1.82) is 0 Å². The molecule has 1 aromatic heterocycles. The average molecular weight is 338 g/mol. The molecule has 0 spiro atoms. The zero-order valence-corrected chi connectivity index (χ0v) is 13.3. The molecule has 22 heavy (non-hydrogen) atoms. The molecule has 114 valence electrons. The van der Waals surface area contributed by atoms with Crippen LogP contribution in [-0.2, 0) is 6.42 Å². The molecule has 0 aliphatic carbocycles. The van der Waals surface area contributed by atoms with Gasteiger partial charge in [-0.3, -0.25) is 9.59 Å². The topological polar surface area (TPSA) is 66.1 Å². The fraction of sp³-hybridized carbons (Fsp3) is 0.267. The fourth-order valence-electron chi connectivity index (χ4n) is 2.58. The second kappa shape index (κ2) is 5.74. The summed E-state index contributed by atoms with van der Waals surface area (Å²) in [7, 11) is 0. The monoisotopic (exact) mass is 337 g/mol. The number of nitrogens with zero attached hydrogens (tertiary/aromatic N) is 2. The minimum Gasteiger partial charge on any atom is -0.307 e. The minimum absolute atomic E-state index is 0.181. The number of amides is 1. The molecule has 2 aromatic rings. The van der Waals surface area contributed by atoms with E-state index in [0.717, 1.165) is 24.0 Å². The van der Waals surface area contributed by atoms with Crippen LogP contribution in [0.4, 0.5) is 5.69 Å². The first-order valence-electron chi connectivity index (χ1n) is 6.84. The van der Waals surface area contributed by atoms with Crippen LogP contribution in [0.1, 0.15) is 28.0 Å². The van der Waals surface area contributed by atoms with Crippen LogP contribution in [0.2, 0.25) is 10.0 Å². The van der Waals surface area contributed by atoms with Gasteiger partial charge in [-0.25, -0.2) is 5.10 Å². The zero-order chi connectivity index (χ0) is 15.9. The lowest BCUT2D eigenvalue weighted by Crippen LogP contribution is -2.36. The number of rotatable bonds is 1. The number of hydrogen-bond acceptors (Lipinski definition) is 3. The summed E-state index contributed by atoms with van der Waals surface area (Å²) in [6.07, 6.45) is 1.61. The average Bonchev–Trinajstić information content (AvgIpc) is 2.52. The zero-order valence-electron chi connectivity index (χ0n) is 11.8. The molecule has 0 saturated heterocycles. The molecule has 1 aromatic carbocycles. The number of carbonyl (C=O) groups is 1. The van der Waals surface area contributed by atoms with Crippen molar-refractivity contribution in [2.45, 2.75) is 19.8 Å². The number of hydrogen-bond donors (Lipinski definition) is 1. The van der Waals surface area contributed by atoms with Crippen molar-refractivity contribution in [3.63, 3.8) is 0 Å². The first kappa shape index (κ1) is 15.1. The highest BCUT2D eigenvalue weighted by molar-refractivity contribution is 6.37. The minimum atomic E-state index is -0.350. The van der Waals surface area contributed by atoms with Gasteiger partial charge in [-0.2, -0.15) is 5.10 Å². The Hall–Kier alpha value is -1.85. The maximum atomic E-state index is 12.6. The quantitative estimate of drug-likeness (QED) is 0.869. The van der Waals surface area contributed by atoms with E-state index in [9.17, 15) is 9.59 Å². The summed E-state index contributed by atoms with van der Waals surface area (Å²) in [5.74, 6) is -0.284. The lowest BCUT2D eigenvalue weighted by Gasteiger charge is -2.30. The van der Waals surface area contributed by atoms with Gasteiger partial charge < -0.3 is 4.90 Å². The highest BCUT2D eigenvalue weighted by Crippen LogP contribution is 2.39. The van der Waals surface area contributed by atoms with Crippen LogP contribution in [0.3, 0.4) is 0 Å². The molecule has 0 unspecified atom stereocenters. The van der Waals surface area contributed by atoms with Crippen LogP contribution in [0, 0.1) is 6.92 Å². The fourth-order valence-corrected chi connectivity index (χ4v) is 3.12. The van der Waals surface area contributed by atoms with Gasteiger partial charge in [0.15, 0.2) is 0 Å². The van der Waals surface area contributed by atoms with Crippen molar-refractivity contribution in [2.75, 3.05) is 11.4 Å². The van der Waals surface area contributed by atoms with Crippen molar-refractivity contribution in [2.24, 2.45) is 0 Å². The molecule has 0 bridgehead atoms. The van der Waals surface area contributed by atoms with Gasteiger partial charge in [0.05, 0.1) is 10.7 Å². The van der Waals surface area contributed by atoms with Crippen LogP contribution in [0.25, 0.3) is 0 Å². The van der Waals surface area contributed by atoms with Crippen molar-refractivity contribution < 1.29 is 4.79 Å². The number of nitrogens with one attached hydrogen (secondary N) is 1. The summed E-state index contributed by atoms with van der Waals surface area (Å²) < 4.78 is 0. The number of aromatic nitrogens is 2. The number of H-pyrrole nitrogens is 1. The van der Waals surface area contributed by atoms with Crippen LogP contribution in [-0.4, -0.2) is 22.6 Å². The summed E-state index contributed by atoms with van der Waals surface area (Å²) in [5, 5.41) is 7.20. The molecule has 7 heteroatoms. The highest BCUT2D eigenvalue weighted by Gasteiger charge is 2.27. The molecule has 0 fully saturated rings. The van der Waals surface area contributed by atoms with E-state index in [0.29, 0.717) is 22.3 Å². The third kappa shape index (κ3) is 2.51. The van der Waals surface area contributed by atoms with Gasteiger partial charge in [0.25, 0.3) is 11.5 Å². The molecule has 1 amide bonds. The van der Waals surface area contributed by atoms with Crippen molar-refractivity contribution in [1.82, 2.24) is 10.2 Å². The van der Waals surface area contributed by atoms with E-state index in [-0.39, 0.29) is 17.2 Å². The number of halogens is 2. The van der Waals surface area contributed by atoms with E-state index in [1.165, 1.54) is 12.1 Å². The first-order chi connectivity index (χ1) is 10.5. The maximum absolute atomic E-state index is 12.6. The lowest BCUT2D eigenvalue weighted by atomic mass is 9.99.